The lowest BCUT2D eigenvalue weighted by Gasteiger charge is -2.09. The van der Waals surface area contributed by atoms with Crippen LogP contribution in [0.2, 0.25) is 0 Å². The minimum Gasteiger partial charge on any atom is -0.473 e. The fourth-order valence-corrected chi connectivity index (χ4v) is 2.07. The molecule has 0 aliphatic carbocycles. The van der Waals surface area contributed by atoms with E-state index in [9.17, 15) is 4.79 Å². The van der Waals surface area contributed by atoms with E-state index in [4.69, 9.17) is 9.47 Å². The molecule has 0 spiro atoms. The topological polar surface area (TPSA) is 61.3 Å². The molecule has 0 aliphatic heterocycles. The van der Waals surface area contributed by atoms with E-state index in [0.717, 1.165) is 11.1 Å². The first-order valence-corrected chi connectivity index (χ1v) is 7.51. The lowest BCUT2D eigenvalue weighted by molar-refractivity contribution is 0.111. The van der Waals surface area contributed by atoms with Crippen LogP contribution < -0.4 is 9.47 Å². The molecule has 3 aromatic rings. The Labute approximate surface area is 139 Å². The summed E-state index contributed by atoms with van der Waals surface area (Å²) in [6, 6.07) is 21.0. The van der Waals surface area contributed by atoms with Crippen LogP contribution in [0.25, 0.3) is 0 Å². The monoisotopic (exact) mass is 320 g/mol. The first-order valence-electron chi connectivity index (χ1n) is 7.51. The van der Waals surface area contributed by atoms with E-state index in [1.54, 1.807) is 0 Å². The number of hydrogen-bond acceptors (Lipinski definition) is 5. The van der Waals surface area contributed by atoms with Gasteiger partial charge in [0.05, 0.1) is 0 Å². The van der Waals surface area contributed by atoms with Crippen molar-refractivity contribution in [3.05, 3.63) is 83.6 Å². The molecule has 0 saturated heterocycles. The van der Waals surface area contributed by atoms with E-state index in [-0.39, 0.29) is 11.7 Å². The molecule has 1 aromatic heterocycles. The van der Waals surface area contributed by atoms with Gasteiger partial charge in [0.25, 0.3) is 0 Å². The van der Waals surface area contributed by atoms with Gasteiger partial charge in [-0.1, -0.05) is 60.7 Å². The summed E-state index contributed by atoms with van der Waals surface area (Å²) >= 11 is 0. The molecule has 3 rings (SSSR count). The van der Waals surface area contributed by atoms with Gasteiger partial charge in [-0.3, -0.25) is 4.79 Å². The Morgan fingerprint density at radius 3 is 1.96 bits per heavy atom. The van der Waals surface area contributed by atoms with Crippen molar-refractivity contribution in [1.82, 2.24) is 9.97 Å². The van der Waals surface area contributed by atoms with Gasteiger partial charge in [0, 0.05) is 6.07 Å². The second-order valence-electron chi connectivity index (χ2n) is 5.08. The van der Waals surface area contributed by atoms with Crippen LogP contribution in [0.5, 0.6) is 11.9 Å². The van der Waals surface area contributed by atoms with Crippen molar-refractivity contribution in [3.63, 3.8) is 0 Å². The van der Waals surface area contributed by atoms with Crippen molar-refractivity contribution in [3.8, 4) is 11.9 Å². The highest BCUT2D eigenvalue weighted by molar-refractivity contribution is 5.72. The predicted octanol–water partition coefficient (Wildman–Crippen LogP) is 3.45. The van der Waals surface area contributed by atoms with E-state index in [1.807, 2.05) is 60.7 Å². The van der Waals surface area contributed by atoms with Gasteiger partial charge in [0.2, 0.25) is 5.88 Å². The van der Waals surface area contributed by atoms with Crippen molar-refractivity contribution in [2.24, 2.45) is 0 Å². The minimum absolute atomic E-state index is 0.117. The van der Waals surface area contributed by atoms with Gasteiger partial charge in [-0.15, -0.1) is 0 Å². The van der Waals surface area contributed by atoms with Crippen molar-refractivity contribution >= 4 is 6.29 Å². The summed E-state index contributed by atoms with van der Waals surface area (Å²) in [5.74, 6) is 0.305. The zero-order valence-corrected chi connectivity index (χ0v) is 13.0. The van der Waals surface area contributed by atoms with Gasteiger partial charge in [-0.05, 0) is 11.1 Å². The molecule has 1 heterocycles. The lowest BCUT2D eigenvalue weighted by Crippen LogP contribution is -2.04. The first-order chi connectivity index (χ1) is 11.8. The second kappa shape index (κ2) is 7.87. The second-order valence-corrected chi connectivity index (χ2v) is 5.08. The maximum atomic E-state index is 11.1. The van der Waals surface area contributed by atoms with Crippen LogP contribution in [-0.2, 0) is 13.2 Å². The Morgan fingerprint density at radius 2 is 1.38 bits per heavy atom. The van der Waals surface area contributed by atoms with Crippen molar-refractivity contribution < 1.29 is 14.3 Å². The summed E-state index contributed by atoms with van der Waals surface area (Å²) in [4.78, 5) is 19.3. The lowest BCUT2D eigenvalue weighted by atomic mass is 10.2. The Balaban J connectivity index is 1.69. The molecule has 0 N–H and O–H groups in total. The Morgan fingerprint density at radius 1 is 0.792 bits per heavy atom. The fraction of sp³-hybridized carbons (Fsp3) is 0.105. The van der Waals surface area contributed by atoms with Crippen LogP contribution in [0.4, 0.5) is 0 Å². The summed E-state index contributed by atoms with van der Waals surface area (Å²) in [5.41, 5.74) is 2.22. The molecule has 0 amide bonds. The molecule has 0 bridgehead atoms. The van der Waals surface area contributed by atoms with Crippen LogP contribution in [0.3, 0.4) is 0 Å². The highest BCUT2D eigenvalue weighted by Crippen LogP contribution is 2.16. The summed E-state index contributed by atoms with van der Waals surface area (Å²) in [5, 5.41) is 0. The van der Waals surface area contributed by atoms with Crippen molar-refractivity contribution in [2.45, 2.75) is 13.2 Å². The molecule has 0 atom stereocenters. The molecule has 0 unspecified atom stereocenters. The smallest absolute Gasteiger partial charge is 0.320 e. The molecule has 0 saturated carbocycles. The van der Waals surface area contributed by atoms with Crippen molar-refractivity contribution in [2.75, 3.05) is 0 Å². The Kier molecular flexibility index (Phi) is 5.14. The van der Waals surface area contributed by atoms with Crippen molar-refractivity contribution in [1.29, 1.82) is 0 Å². The van der Waals surface area contributed by atoms with Gasteiger partial charge in [0.1, 0.15) is 18.9 Å². The van der Waals surface area contributed by atoms with Crippen LogP contribution in [-0.4, -0.2) is 16.3 Å². The molecule has 5 nitrogen and oxygen atoms in total. The molecular formula is C19H16N2O3. The fourth-order valence-electron chi connectivity index (χ4n) is 2.07. The number of ether oxygens (including phenoxy) is 2. The number of carbonyl (C=O) groups excluding carboxylic acids is 1. The number of carbonyl (C=O) groups is 1. The summed E-state index contributed by atoms with van der Waals surface area (Å²) < 4.78 is 11.2. The molecule has 0 radical (unpaired) electrons. The highest BCUT2D eigenvalue weighted by atomic mass is 16.5. The van der Waals surface area contributed by atoms with Crippen LogP contribution in [0.15, 0.2) is 66.7 Å². The summed E-state index contributed by atoms with van der Waals surface area (Å²) in [7, 11) is 0. The van der Waals surface area contributed by atoms with Crippen LogP contribution >= 0.6 is 0 Å². The van der Waals surface area contributed by atoms with Crippen LogP contribution in [0, 0.1) is 0 Å². The maximum Gasteiger partial charge on any atom is 0.320 e. The number of rotatable bonds is 7. The standard InChI is InChI=1S/C19H16N2O3/c22-12-17-11-18(23-13-15-7-3-1-4-8-15)21-19(20-17)24-14-16-9-5-2-6-10-16/h1-12H,13-14H2. The normalized spacial score (nSPS) is 10.2. The van der Waals surface area contributed by atoms with E-state index in [1.165, 1.54) is 6.07 Å². The minimum atomic E-state index is 0.117. The average Bonchev–Trinajstić information content (AvgIpc) is 2.66. The average molecular weight is 320 g/mol. The molecule has 0 aliphatic rings. The molecule has 5 heteroatoms. The summed E-state index contributed by atoms with van der Waals surface area (Å²) in [6.07, 6.45) is 0.645. The van der Waals surface area contributed by atoms with E-state index < -0.39 is 0 Å². The molecule has 120 valence electrons. The number of aromatic nitrogens is 2. The number of nitrogens with zero attached hydrogens (tertiary/aromatic N) is 2. The molecular weight excluding hydrogens is 304 g/mol. The Hall–Kier alpha value is -3.21. The van der Waals surface area contributed by atoms with Gasteiger partial charge in [0.15, 0.2) is 6.29 Å². The summed E-state index contributed by atoms with van der Waals surface area (Å²) in [6.45, 7) is 0.676. The third kappa shape index (κ3) is 4.39. The van der Waals surface area contributed by atoms with Gasteiger partial charge >= 0.3 is 6.01 Å². The first kappa shape index (κ1) is 15.7. The number of aldehydes is 1. The number of benzene rings is 2. The van der Waals surface area contributed by atoms with Gasteiger partial charge in [-0.2, -0.15) is 9.97 Å². The third-order valence-electron chi connectivity index (χ3n) is 3.26. The zero-order valence-electron chi connectivity index (χ0n) is 13.0. The maximum absolute atomic E-state index is 11.1. The van der Waals surface area contributed by atoms with Gasteiger partial charge in [-0.25, -0.2) is 0 Å². The van der Waals surface area contributed by atoms with E-state index >= 15 is 0 Å². The highest BCUT2D eigenvalue weighted by Gasteiger charge is 2.07. The SMILES string of the molecule is O=Cc1cc(OCc2ccccc2)nc(OCc2ccccc2)n1. The Bertz CT molecular complexity index is 730. The predicted molar refractivity (Wildman–Crippen MR) is 89.0 cm³/mol. The molecule has 0 fully saturated rings. The quantitative estimate of drug-likeness (QED) is 0.624. The molecule has 24 heavy (non-hydrogen) atoms. The van der Waals surface area contributed by atoms with Crippen LogP contribution in [0.1, 0.15) is 21.6 Å². The largest absolute Gasteiger partial charge is 0.473 e. The molecule has 2 aromatic carbocycles. The third-order valence-corrected chi connectivity index (χ3v) is 3.26. The number of hydrogen-bond donors (Lipinski definition) is 0. The zero-order chi connectivity index (χ0) is 16.6. The van der Waals surface area contributed by atoms with E-state index in [0.29, 0.717) is 25.4 Å². The van der Waals surface area contributed by atoms with Gasteiger partial charge < -0.3 is 9.47 Å². The van der Waals surface area contributed by atoms with E-state index in [2.05, 4.69) is 9.97 Å².